The third kappa shape index (κ3) is 7.93. The zero-order valence-electron chi connectivity index (χ0n) is 37.5. The predicted molar refractivity (Wildman–Crippen MR) is 281 cm³/mol. The Morgan fingerprint density at radius 1 is 0.271 bits per heavy atom. The standard InChI is InChI=1S/C63H39N6.Ir/c1-4-16-52(49(13-1)40-25-31-43(32-26-40)61-64-55-19-7-8-20-56(55)65-61)46-37-47(53-17-5-2-14-50(53)41-27-33-44(34-28-41)62-66-57-21-9-10-22-58(57)67-62)39-48(38-46)54-18-6-3-15-51(54)42-29-35-45(36-30-42)63-68-59-23-11-12-24-60(59)69-63;/h1-31,33,35,37-39H,(H,64,65)(H,66,67)(H,68,69);/q-3;+3. The summed E-state index contributed by atoms with van der Waals surface area (Å²) in [6.07, 6.45) is 0. The third-order valence-corrected chi connectivity index (χ3v) is 13.0. The molecular weight excluding hydrogens is 1030 g/mol. The van der Waals surface area contributed by atoms with Gasteiger partial charge in [0.1, 0.15) is 0 Å². The summed E-state index contributed by atoms with van der Waals surface area (Å²) < 4.78 is 0. The van der Waals surface area contributed by atoms with E-state index >= 15 is 0 Å². The Kier molecular flexibility index (Phi) is 11.0. The third-order valence-electron chi connectivity index (χ3n) is 13.0. The second kappa shape index (κ2) is 18.1. The Hall–Kier alpha value is -8.74. The van der Waals surface area contributed by atoms with E-state index in [9.17, 15) is 0 Å². The van der Waals surface area contributed by atoms with E-state index in [1.165, 1.54) is 0 Å². The number of nitrogens with zero attached hydrogens (tertiary/aromatic N) is 3. The number of H-pyrrole nitrogens is 3. The van der Waals surface area contributed by atoms with Crippen LogP contribution in [0, 0.1) is 18.2 Å². The molecule has 13 aromatic rings. The molecule has 3 heterocycles. The van der Waals surface area contributed by atoms with Crippen molar-refractivity contribution in [1.29, 1.82) is 0 Å². The van der Waals surface area contributed by atoms with Gasteiger partial charge in [0.15, 0.2) is 0 Å². The van der Waals surface area contributed by atoms with Crippen LogP contribution in [0.25, 0.3) is 134 Å². The predicted octanol–water partition coefficient (Wildman–Crippen LogP) is 15.7. The first kappa shape index (κ1) is 42.6. The van der Waals surface area contributed by atoms with Gasteiger partial charge in [0.2, 0.25) is 0 Å². The number of hydrogen-bond acceptors (Lipinski definition) is 3. The molecule has 13 rings (SSSR count). The molecule has 3 N–H and O–H groups in total. The number of rotatable bonds is 9. The minimum atomic E-state index is 0. The van der Waals surface area contributed by atoms with Crippen LogP contribution in [0.4, 0.5) is 0 Å². The van der Waals surface area contributed by atoms with E-state index in [2.05, 4.69) is 179 Å². The Bertz CT molecular complexity index is 3480. The summed E-state index contributed by atoms with van der Waals surface area (Å²) in [4.78, 5) is 24.9. The summed E-state index contributed by atoms with van der Waals surface area (Å²) in [7, 11) is 0. The van der Waals surface area contributed by atoms with Crippen LogP contribution in [0.2, 0.25) is 0 Å². The monoisotopic (exact) mass is 1070 g/mol. The molecule has 0 amide bonds. The molecule has 3 aromatic heterocycles. The molecule has 0 fully saturated rings. The molecule has 0 atom stereocenters. The van der Waals surface area contributed by atoms with Gasteiger partial charge in [0.25, 0.3) is 0 Å². The SMILES string of the molecule is [Ir+3].[c-]1cc(-c2ccccc2-c2cc(-c3ccccc3-c3c[c-]c(-c4nc5ccccc5[nH]4)cc3)cc(-c3ccccc3-c3c[c-]c(-c4nc5ccccc5[nH]4)cc3)c2)ccc1-c1nc2ccccc2[nH]1. The Balaban J connectivity index is 0.00000505. The quantitative estimate of drug-likeness (QED) is 0.126. The van der Waals surface area contributed by atoms with Gasteiger partial charge in [-0.3, -0.25) is 15.0 Å². The van der Waals surface area contributed by atoms with Gasteiger partial charge in [0.05, 0.1) is 50.6 Å². The minimum absolute atomic E-state index is 0. The zero-order chi connectivity index (χ0) is 45.7. The van der Waals surface area contributed by atoms with Crippen molar-refractivity contribution in [1.82, 2.24) is 29.9 Å². The molecule has 0 spiro atoms. The first-order valence-electron chi connectivity index (χ1n) is 23.0. The zero-order valence-corrected chi connectivity index (χ0v) is 39.9. The van der Waals surface area contributed by atoms with Crippen molar-refractivity contribution >= 4 is 33.1 Å². The molecule has 0 unspecified atom stereocenters. The number of imidazole rings is 3. The number of para-hydroxylation sites is 6. The number of hydrogen-bond donors (Lipinski definition) is 3. The second-order valence-electron chi connectivity index (χ2n) is 17.2. The molecular formula is C63H39IrN6. The largest absolute Gasteiger partial charge is 3.00 e. The number of aromatic nitrogens is 6. The van der Waals surface area contributed by atoms with Gasteiger partial charge in [-0.25, -0.2) is 0 Å². The normalized spacial score (nSPS) is 11.3. The molecule has 0 saturated heterocycles. The van der Waals surface area contributed by atoms with Crippen LogP contribution in [0.3, 0.4) is 0 Å². The van der Waals surface area contributed by atoms with Crippen molar-refractivity contribution in [3.05, 3.63) is 237 Å². The van der Waals surface area contributed by atoms with E-state index < -0.39 is 0 Å². The van der Waals surface area contributed by atoms with E-state index in [1.54, 1.807) is 0 Å². The smallest absolute Gasteiger partial charge is 0.378 e. The van der Waals surface area contributed by atoms with Gasteiger partial charge in [-0.05, 0) is 88.0 Å². The molecule has 0 aliphatic carbocycles. The van der Waals surface area contributed by atoms with E-state index in [0.717, 1.165) is 134 Å². The summed E-state index contributed by atoms with van der Waals surface area (Å²) in [5.41, 5.74) is 21.7. The second-order valence-corrected chi connectivity index (χ2v) is 17.2. The molecule has 10 aromatic carbocycles. The Labute approximate surface area is 418 Å². The molecule has 0 aliphatic heterocycles. The van der Waals surface area contributed by atoms with Crippen LogP contribution < -0.4 is 0 Å². The van der Waals surface area contributed by atoms with Crippen molar-refractivity contribution in [2.45, 2.75) is 0 Å². The van der Waals surface area contributed by atoms with E-state index in [0.29, 0.717) is 0 Å². The summed E-state index contributed by atoms with van der Waals surface area (Å²) in [6.45, 7) is 0. The van der Waals surface area contributed by atoms with Crippen molar-refractivity contribution in [2.24, 2.45) is 0 Å². The van der Waals surface area contributed by atoms with E-state index in [1.807, 2.05) is 72.8 Å². The van der Waals surface area contributed by atoms with Crippen LogP contribution in [-0.2, 0) is 20.1 Å². The van der Waals surface area contributed by atoms with Crippen molar-refractivity contribution in [3.63, 3.8) is 0 Å². The maximum Gasteiger partial charge on any atom is 3.00 e. The summed E-state index contributed by atoms with van der Waals surface area (Å²) in [5.74, 6) is 2.40. The molecule has 0 radical (unpaired) electrons. The molecule has 7 heteroatoms. The average Bonchev–Trinajstić information content (AvgIpc) is 4.19. The van der Waals surface area contributed by atoms with Gasteiger partial charge >= 0.3 is 20.1 Å². The summed E-state index contributed by atoms with van der Waals surface area (Å²) >= 11 is 0. The molecule has 6 nitrogen and oxygen atoms in total. The Morgan fingerprint density at radius 2 is 0.529 bits per heavy atom. The van der Waals surface area contributed by atoms with Crippen LogP contribution >= 0.6 is 0 Å². The molecule has 70 heavy (non-hydrogen) atoms. The fourth-order valence-electron chi connectivity index (χ4n) is 9.51. The maximum atomic E-state index is 4.84. The van der Waals surface area contributed by atoms with Crippen LogP contribution in [-0.4, -0.2) is 29.9 Å². The van der Waals surface area contributed by atoms with Gasteiger partial charge in [-0.2, -0.15) is 0 Å². The molecule has 0 aliphatic rings. The first-order chi connectivity index (χ1) is 34.1. The number of nitrogens with one attached hydrogen (secondary N) is 3. The minimum Gasteiger partial charge on any atom is -0.378 e. The molecule has 0 bridgehead atoms. The van der Waals surface area contributed by atoms with Crippen LogP contribution in [0.5, 0.6) is 0 Å². The maximum absolute atomic E-state index is 4.84. The number of fused-ring (bicyclic) bond motifs is 3. The topological polar surface area (TPSA) is 86.0 Å². The average molecular weight is 1070 g/mol. The number of aromatic amines is 3. The van der Waals surface area contributed by atoms with Gasteiger partial charge in [0, 0.05) is 0 Å². The van der Waals surface area contributed by atoms with Crippen molar-refractivity contribution in [3.8, 4) is 101 Å². The van der Waals surface area contributed by atoms with E-state index in [4.69, 9.17) is 15.0 Å². The Morgan fingerprint density at radius 3 is 0.786 bits per heavy atom. The van der Waals surface area contributed by atoms with Crippen molar-refractivity contribution < 1.29 is 20.1 Å². The van der Waals surface area contributed by atoms with Gasteiger partial charge < -0.3 is 15.0 Å². The van der Waals surface area contributed by atoms with Crippen LogP contribution in [0.15, 0.2) is 218 Å². The summed E-state index contributed by atoms with van der Waals surface area (Å²) in [6, 6.07) is 87.0. The van der Waals surface area contributed by atoms with Crippen molar-refractivity contribution in [2.75, 3.05) is 0 Å². The molecule has 330 valence electrons. The molecule has 0 saturated carbocycles. The summed E-state index contributed by atoms with van der Waals surface area (Å²) in [5, 5.41) is 0. The van der Waals surface area contributed by atoms with E-state index in [-0.39, 0.29) is 20.1 Å². The fourth-order valence-corrected chi connectivity index (χ4v) is 9.51. The fraction of sp³-hybridized carbons (Fsp3) is 0. The van der Waals surface area contributed by atoms with Gasteiger partial charge in [-0.15, -0.1) is 89.5 Å². The van der Waals surface area contributed by atoms with Gasteiger partial charge in [-0.1, -0.05) is 143 Å². The number of benzene rings is 10. The van der Waals surface area contributed by atoms with Crippen LogP contribution in [0.1, 0.15) is 0 Å². The first-order valence-corrected chi connectivity index (χ1v) is 23.0.